The van der Waals surface area contributed by atoms with Gasteiger partial charge in [0, 0.05) is 25.5 Å². The summed E-state index contributed by atoms with van der Waals surface area (Å²) >= 11 is 6.01. The van der Waals surface area contributed by atoms with E-state index in [0.717, 1.165) is 13.1 Å². The second-order valence-electron chi connectivity index (χ2n) is 6.22. The maximum atomic E-state index is 12.9. The Morgan fingerprint density at radius 2 is 1.85 bits per heavy atom. The third kappa shape index (κ3) is 4.80. The standard InChI is InChI=1S/C18H22ClN5O2.ClH/c19-15-5-2-1-4-14(15)16(25)21-11-12-22-17(26)18(6-9-20-10-7-18)24-13-3-8-23-24;/h1-5,8,13,20H,6-7,9-12H2,(H,21,25)(H,22,26);1H. The van der Waals surface area contributed by atoms with Crippen molar-refractivity contribution in [2.45, 2.75) is 18.4 Å². The summed E-state index contributed by atoms with van der Waals surface area (Å²) in [6.45, 7) is 2.18. The second-order valence-corrected chi connectivity index (χ2v) is 6.63. The summed E-state index contributed by atoms with van der Waals surface area (Å²) in [5, 5.41) is 13.7. The first kappa shape index (κ1) is 21.2. The lowest BCUT2D eigenvalue weighted by Gasteiger charge is -2.36. The van der Waals surface area contributed by atoms with E-state index in [9.17, 15) is 9.59 Å². The van der Waals surface area contributed by atoms with E-state index in [2.05, 4.69) is 21.0 Å². The predicted molar refractivity (Wildman–Crippen MR) is 106 cm³/mol. The molecule has 9 heteroatoms. The van der Waals surface area contributed by atoms with Crippen molar-refractivity contribution in [3.63, 3.8) is 0 Å². The van der Waals surface area contributed by atoms with E-state index in [-0.39, 0.29) is 24.2 Å². The summed E-state index contributed by atoms with van der Waals surface area (Å²) in [5.41, 5.74) is -0.256. The van der Waals surface area contributed by atoms with Crippen LogP contribution in [0.25, 0.3) is 0 Å². The van der Waals surface area contributed by atoms with Crippen molar-refractivity contribution in [2.75, 3.05) is 26.2 Å². The van der Waals surface area contributed by atoms with Gasteiger partial charge in [-0.25, -0.2) is 0 Å². The van der Waals surface area contributed by atoms with E-state index in [1.165, 1.54) is 0 Å². The van der Waals surface area contributed by atoms with Gasteiger partial charge in [0.05, 0.1) is 10.6 Å². The molecule has 2 heterocycles. The highest BCUT2D eigenvalue weighted by Crippen LogP contribution is 2.27. The fourth-order valence-corrected chi connectivity index (χ4v) is 3.40. The fourth-order valence-electron chi connectivity index (χ4n) is 3.18. The summed E-state index contributed by atoms with van der Waals surface area (Å²) in [6.07, 6.45) is 4.85. The first-order valence-electron chi connectivity index (χ1n) is 8.65. The average molecular weight is 412 g/mol. The first-order chi connectivity index (χ1) is 12.6. The number of hydrogen-bond acceptors (Lipinski definition) is 4. The minimum absolute atomic E-state index is 0. The van der Waals surface area contributed by atoms with E-state index >= 15 is 0 Å². The van der Waals surface area contributed by atoms with Gasteiger partial charge in [0.2, 0.25) is 5.91 Å². The van der Waals surface area contributed by atoms with Gasteiger partial charge in [0.1, 0.15) is 5.54 Å². The molecule has 1 aliphatic heterocycles. The van der Waals surface area contributed by atoms with Gasteiger partial charge in [-0.05, 0) is 44.1 Å². The van der Waals surface area contributed by atoms with Crippen LogP contribution in [0.4, 0.5) is 0 Å². The third-order valence-electron chi connectivity index (χ3n) is 4.61. The molecular formula is C18H23Cl2N5O2. The quantitative estimate of drug-likeness (QED) is 0.629. The Balaban J connectivity index is 0.00000261. The molecule has 1 fully saturated rings. The van der Waals surface area contributed by atoms with Crippen LogP contribution in [0.5, 0.6) is 0 Å². The molecule has 7 nitrogen and oxygen atoms in total. The normalized spacial score (nSPS) is 15.4. The molecule has 2 amide bonds. The number of aromatic nitrogens is 2. The van der Waals surface area contributed by atoms with Crippen LogP contribution >= 0.6 is 24.0 Å². The van der Waals surface area contributed by atoms with Crippen molar-refractivity contribution in [1.29, 1.82) is 0 Å². The number of amides is 2. The van der Waals surface area contributed by atoms with Crippen LogP contribution in [0.3, 0.4) is 0 Å². The van der Waals surface area contributed by atoms with Gasteiger partial charge in [-0.1, -0.05) is 23.7 Å². The summed E-state index contributed by atoms with van der Waals surface area (Å²) < 4.78 is 1.74. The predicted octanol–water partition coefficient (Wildman–Crippen LogP) is 1.58. The third-order valence-corrected chi connectivity index (χ3v) is 4.94. The number of piperidine rings is 1. The molecule has 0 spiro atoms. The van der Waals surface area contributed by atoms with Crippen molar-refractivity contribution < 1.29 is 9.59 Å². The smallest absolute Gasteiger partial charge is 0.252 e. The molecule has 2 aromatic rings. The highest BCUT2D eigenvalue weighted by atomic mass is 35.5. The summed E-state index contributed by atoms with van der Waals surface area (Å²) in [5.74, 6) is -0.330. The molecule has 1 aromatic heterocycles. The van der Waals surface area contributed by atoms with Crippen LogP contribution < -0.4 is 16.0 Å². The lowest BCUT2D eigenvalue weighted by atomic mass is 9.87. The van der Waals surface area contributed by atoms with Crippen molar-refractivity contribution >= 4 is 35.8 Å². The maximum absolute atomic E-state index is 12.9. The highest BCUT2D eigenvalue weighted by molar-refractivity contribution is 6.33. The van der Waals surface area contributed by atoms with Gasteiger partial charge < -0.3 is 16.0 Å². The van der Waals surface area contributed by atoms with Gasteiger partial charge in [-0.15, -0.1) is 12.4 Å². The summed E-state index contributed by atoms with van der Waals surface area (Å²) in [7, 11) is 0. The topological polar surface area (TPSA) is 88.1 Å². The number of carbonyl (C=O) groups is 2. The van der Waals surface area contributed by atoms with Gasteiger partial charge in [0.15, 0.2) is 0 Å². The van der Waals surface area contributed by atoms with Crippen molar-refractivity contribution in [2.24, 2.45) is 0 Å². The Morgan fingerprint density at radius 3 is 2.52 bits per heavy atom. The number of hydrogen-bond donors (Lipinski definition) is 3. The Hall–Kier alpha value is -2.09. The van der Waals surface area contributed by atoms with Gasteiger partial charge in [0.25, 0.3) is 5.91 Å². The van der Waals surface area contributed by atoms with Crippen LogP contribution in [-0.2, 0) is 10.3 Å². The van der Waals surface area contributed by atoms with E-state index in [1.807, 2.05) is 12.3 Å². The van der Waals surface area contributed by atoms with Crippen molar-refractivity contribution in [3.8, 4) is 0 Å². The Labute approximate surface area is 169 Å². The lowest BCUT2D eigenvalue weighted by molar-refractivity contribution is -0.131. The molecule has 1 saturated heterocycles. The molecule has 0 atom stereocenters. The van der Waals surface area contributed by atoms with Crippen LogP contribution in [-0.4, -0.2) is 47.8 Å². The minimum Gasteiger partial charge on any atom is -0.352 e. The molecule has 146 valence electrons. The summed E-state index contributed by atoms with van der Waals surface area (Å²) in [4.78, 5) is 25.0. The SMILES string of the molecule is Cl.O=C(NCCNC(=O)C1(n2cccn2)CCNCC1)c1ccccc1Cl. The van der Waals surface area contributed by atoms with Crippen molar-refractivity contribution in [1.82, 2.24) is 25.7 Å². The van der Waals surface area contributed by atoms with Crippen molar-refractivity contribution in [3.05, 3.63) is 53.3 Å². The molecular weight excluding hydrogens is 389 g/mol. The van der Waals surface area contributed by atoms with Crippen LogP contribution in [0.2, 0.25) is 5.02 Å². The molecule has 0 aliphatic carbocycles. The molecule has 0 bridgehead atoms. The Bertz CT molecular complexity index is 761. The minimum atomic E-state index is -0.679. The van der Waals surface area contributed by atoms with Crippen LogP contribution in [0, 0.1) is 0 Å². The molecule has 0 unspecified atom stereocenters. The van der Waals surface area contributed by atoms with E-state index in [4.69, 9.17) is 11.6 Å². The number of halogens is 2. The lowest BCUT2D eigenvalue weighted by Crippen LogP contribution is -2.55. The van der Waals surface area contributed by atoms with E-state index in [1.54, 1.807) is 35.1 Å². The molecule has 1 aliphatic rings. The fraction of sp³-hybridized carbons (Fsp3) is 0.389. The van der Waals surface area contributed by atoms with E-state index < -0.39 is 5.54 Å². The molecule has 3 N–H and O–H groups in total. The molecule has 27 heavy (non-hydrogen) atoms. The van der Waals surface area contributed by atoms with Crippen LogP contribution in [0.15, 0.2) is 42.7 Å². The monoisotopic (exact) mass is 411 g/mol. The summed E-state index contributed by atoms with van der Waals surface area (Å²) in [6, 6.07) is 8.68. The molecule has 0 saturated carbocycles. The van der Waals surface area contributed by atoms with Gasteiger partial charge in [-0.3, -0.25) is 14.3 Å². The van der Waals surface area contributed by atoms with E-state index in [0.29, 0.717) is 36.5 Å². The number of rotatable bonds is 6. The highest BCUT2D eigenvalue weighted by Gasteiger charge is 2.41. The Morgan fingerprint density at radius 1 is 1.15 bits per heavy atom. The average Bonchev–Trinajstić information content (AvgIpc) is 3.21. The van der Waals surface area contributed by atoms with Gasteiger partial charge in [-0.2, -0.15) is 5.10 Å². The molecule has 0 radical (unpaired) electrons. The van der Waals surface area contributed by atoms with Gasteiger partial charge >= 0.3 is 0 Å². The maximum Gasteiger partial charge on any atom is 0.252 e. The molecule has 3 rings (SSSR count). The zero-order valence-corrected chi connectivity index (χ0v) is 16.4. The Kier molecular flexibility index (Phi) is 7.65. The zero-order valence-electron chi connectivity index (χ0n) is 14.8. The second kappa shape index (κ2) is 9.73. The first-order valence-corrected chi connectivity index (χ1v) is 9.03. The largest absolute Gasteiger partial charge is 0.352 e. The van der Waals surface area contributed by atoms with Crippen LogP contribution in [0.1, 0.15) is 23.2 Å². The number of nitrogens with one attached hydrogen (secondary N) is 3. The zero-order chi connectivity index (χ0) is 18.4. The molecule has 1 aromatic carbocycles. The number of nitrogens with zero attached hydrogens (tertiary/aromatic N) is 2. The number of benzene rings is 1. The number of carbonyl (C=O) groups excluding carboxylic acids is 2.